The molecule has 0 saturated carbocycles. The van der Waals surface area contributed by atoms with E-state index in [-0.39, 0.29) is 5.01 Å². The van der Waals surface area contributed by atoms with E-state index in [1.807, 2.05) is 18.2 Å². The third-order valence-electron chi connectivity index (χ3n) is 1.83. The fourth-order valence-corrected chi connectivity index (χ4v) is 2.25. The van der Waals surface area contributed by atoms with Gasteiger partial charge in [0.05, 0.1) is 4.88 Å². The van der Waals surface area contributed by atoms with Gasteiger partial charge in [-0.2, -0.15) is 0 Å². The first-order valence-electron chi connectivity index (χ1n) is 4.12. The van der Waals surface area contributed by atoms with Crippen molar-refractivity contribution in [3.63, 3.8) is 0 Å². The number of hydrogen-bond donors (Lipinski definition) is 1. The van der Waals surface area contributed by atoms with E-state index in [4.69, 9.17) is 16.7 Å². The van der Waals surface area contributed by atoms with Gasteiger partial charge in [0.1, 0.15) is 0 Å². The van der Waals surface area contributed by atoms with Gasteiger partial charge in [0.25, 0.3) is 0 Å². The Morgan fingerprint density at radius 1 is 1.40 bits per heavy atom. The quantitative estimate of drug-likeness (QED) is 0.876. The van der Waals surface area contributed by atoms with Crippen molar-refractivity contribution in [3.8, 4) is 10.4 Å². The highest BCUT2D eigenvalue weighted by atomic mass is 35.5. The number of rotatable bonds is 2. The smallest absolute Gasteiger partial charge is 0.365 e. The van der Waals surface area contributed by atoms with Crippen LogP contribution in [0.3, 0.4) is 0 Å². The van der Waals surface area contributed by atoms with Crippen LogP contribution in [0.5, 0.6) is 0 Å². The lowest BCUT2D eigenvalue weighted by Crippen LogP contribution is -1.92. The van der Waals surface area contributed by atoms with E-state index in [0.29, 0.717) is 5.02 Å². The van der Waals surface area contributed by atoms with Crippen LogP contribution in [0.25, 0.3) is 10.4 Å². The fraction of sp³-hybridized carbons (Fsp3) is 0. The van der Waals surface area contributed by atoms with Crippen LogP contribution in [-0.2, 0) is 0 Å². The van der Waals surface area contributed by atoms with E-state index in [2.05, 4.69) is 4.98 Å². The predicted molar refractivity (Wildman–Crippen MR) is 59.5 cm³/mol. The Bertz CT molecular complexity index is 510. The number of halogens is 1. The van der Waals surface area contributed by atoms with Crippen LogP contribution in [0.15, 0.2) is 30.5 Å². The molecule has 2 rings (SSSR count). The van der Waals surface area contributed by atoms with Gasteiger partial charge in [-0.1, -0.05) is 29.8 Å². The summed E-state index contributed by atoms with van der Waals surface area (Å²) in [6.45, 7) is 0. The van der Waals surface area contributed by atoms with E-state index in [1.165, 1.54) is 6.20 Å². The van der Waals surface area contributed by atoms with Gasteiger partial charge >= 0.3 is 5.97 Å². The molecule has 0 saturated heterocycles. The molecule has 1 aromatic heterocycles. The molecule has 1 N–H and O–H groups in total. The number of carboxylic acid groups (broad SMARTS) is 1. The number of carboxylic acids is 1. The first-order valence-corrected chi connectivity index (χ1v) is 5.32. The summed E-state index contributed by atoms with van der Waals surface area (Å²) in [6.07, 6.45) is 1.52. The Morgan fingerprint density at radius 2 is 2.13 bits per heavy atom. The normalized spacial score (nSPS) is 10.2. The lowest BCUT2D eigenvalue weighted by atomic mass is 10.2. The van der Waals surface area contributed by atoms with Crippen molar-refractivity contribution >= 4 is 28.9 Å². The molecular formula is C10H6ClNO2S. The molecule has 0 bridgehead atoms. The average molecular weight is 240 g/mol. The minimum absolute atomic E-state index is 0.0740. The highest BCUT2D eigenvalue weighted by Gasteiger charge is 2.11. The Kier molecular flexibility index (Phi) is 2.70. The largest absolute Gasteiger partial charge is 0.476 e. The molecule has 0 radical (unpaired) electrons. The molecule has 0 fully saturated rings. The molecule has 0 spiro atoms. The first-order chi connectivity index (χ1) is 7.18. The van der Waals surface area contributed by atoms with Crippen molar-refractivity contribution in [1.82, 2.24) is 4.98 Å². The Balaban J connectivity index is 2.46. The van der Waals surface area contributed by atoms with E-state index in [1.54, 1.807) is 6.07 Å². The number of aromatic nitrogens is 1. The molecule has 1 aromatic carbocycles. The topological polar surface area (TPSA) is 50.2 Å². The molecule has 0 aliphatic rings. The van der Waals surface area contributed by atoms with E-state index in [0.717, 1.165) is 21.8 Å². The van der Waals surface area contributed by atoms with Gasteiger partial charge in [-0.3, -0.25) is 0 Å². The highest BCUT2D eigenvalue weighted by molar-refractivity contribution is 7.16. The third kappa shape index (κ3) is 2.00. The molecule has 3 nitrogen and oxygen atoms in total. The van der Waals surface area contributed by atoms with Crippen molar-refractivity contribution in [2.75, 3.05) is 0 Å². The predicted octanol–water partition coefficient (Wildman–Crippen LogP) is 3.16. The summed E-state index contributed by atoms with van der Waals surface area (Å²) in [7, 11) is 0. The number of aromatic carboxylic acids is 1. The van der Waals surface area contributed by atoms with Crippen molar-refractivity contribution in [2.24, 2.45) is 0 Å². The van der Waals surface area contributed by atoms with Crippen molar-refractivity contribution in [1.29, 1.82) is 0 Å². The van der Waals surface area contributed by atoms with Crippen LogP contribution in [0.4, 0.5) is 0 Å². The standard InChI is InChI=1S/C10H6ClNO2S/c11-7-4-2-1-3-6(7)8-5-12-9(15-8)10(13)14/h1-5H,(H,13,14). The molecule has 15 heavy (non-hydrogen) atoms. The minimum Gasteiger partial charge on any atom is -0.476 e. The first kappa shape index (κ1) is 10.1. The molecule has 0 aliphatic heterocycles. The number of nitrogens with zero attached hydrogens (tertiary/aromatic N) is 1. The number of benzene rings is 1. The second kappa shape index (κ2) is 4.00. The SMILES string of the molecule is O=C(O)c1ncc(-c2ccccc2Cl)s1. The maximum absolute atomic E-state index is 10.6. The number of hydrogen-bond acceptors (Lipinski definition) is 3. The van der Waals surface area contributed by atoms with E-state index < -0.39 is 5.97 Å². The lowest BCUT2D eigenvalue weighted by Gasteiger charge is -1.98. The molecule has 2 aromatic rings. The van der Waals surface area contributed by atoms with E-state index in [9.17, 15) is 4.79 Å². The highest BCUT2D eigenvalue weighted by Crippen LogP contribution is 2.31. The summed E-state index contributed by atoms with van der Waals surface area (Å²) in [4.78, 5) is 15.2. The summed E-state index contributed by atoms with van der Waals surface area (Å²) in [6, 6.07) is 7.27. The molecule has 0 atom stereocenters. The zero-order chi connectivity index (χ0) is 10.8. The molecule has 0 unspecified atom stereocenters. The van der Waals surface area contributed by atoms with Gasteiger partial charge in [0.15, 0.2) is 0 Å². The maximum Gasteiger partial charge on any atom is 0.365 e. The van der Waals surface area contributed by atoms with Crippen molar-refractivity contribution < 1.29 is 9.90 Å². The van der Waals surface area contributed by atoms with Gasteiger partial charge in [0.2, 0.25) is 5.01 Å². The third-order valence-corrected chi connectivity index (χ3v) is 3.18. The van der Waals surface area contributed by atoms with Gasteiger partial charge in [-0.15, -0.1) is 11.3 Å². The average Bonchev–Trinajstić information content (AvgIpc) is 2.67. The monoisotopic (exact) mass is 239 g/mol. The van der Waals surface area contributed by atoms with Crippen LogP contribution in [0.2, 0.25) is 5.02 Å². The molecule has 76 valence electrons. The van der Waals surface area contributed by atoms with Crippen molar-refractivity contribution in [3.05, 3.63) is 40.5 Å². The lowest BCUT2D eigenvalue weighted by molar-refractivity contribution is 0.0696. The van der Waals surface area contributed by atoms with Gasteiger partial charge in [-0.25, -0.2) is 9.78 Å². The zero-order valence-electron chi connectivity index (χ0n) is 7.48. The summed E-state index contributed by atoms with van der Waals surface area (Å²) in [5.74, 6) is -1.02. The number of thiazole rings is 1. The molecule has 0 aliphatic carbocycles. The van der Waals surface area contributed by atoms with Crippen LogP contribution >= 0.6 is 22.9 Å². The second-order valence-corrected chi connectivity index (χ2v) is 4.25. The molecule has 1 heterocycles. The summed E-state index contributed by atoms with van der Waals surface area (Å²) >= 11 is 7.09. The van der Waals surface area contributed by atoms with Crippen LogP contribution in [0.1, 0.15) is 9.80 Å². The maximum atomic E-state index is 10.6. The van der Waals surface area contributed by atoms with E-state index >= 15 is 0 Å². The molecule has 0 amide bonds. The Labute approximate surface area is 95.0 Å². The van der Waals surface area contributed by atoms with Gasteiger partial charge < -0.3 is 5.11 Å². The van der Waals surface area contributed by atoms with Gasteiger partial charge in [-0.05, 0) is 6.07 Å². The van der Waals surface area contributed by atoms with Gasteiger partial charge in [0, 0.05) is 16.8 Å². The van der Waals surface area contributed by atoms with Crippen LogP contribution in [0, 0.1) is 0 Å². The number of carbonyl (C=O) groups is 1. The zero-order valence-corrected chi connectivity index (χ0v) is 9.05. The molecular weight excluding hydrogens is 234 g/mol. The fourth-order valence-electron chi connectivity index (χ4n) is 1.16. The van der Waals surface area contributed by atoms with Crippen LogP contribution < -0.4 is 0 Å². The van der Waals surface area contributed by atoms with Crippen molar-refractivity contribution in [2.45, 2.75) is 0 Å². The molecule has 5 heteroatoms. The minimum atomic E-state index is -1.02. The summed E-state index contributed by atoms with van der Waals surface area (Å²) in [5.41, 5.74) is 0.809. The summed E-state index contributed by atoms with van der Waals surface area (Å²) in [5, 5.41) is 9.40. The summed E-state index contributed by atoms with van der Waals surface area (Å²) < 4.78 is 0. The van der Waals surface area contributed by atoms with Crippen LogP contribution in [-0.4, -0.2) is 16.1 Å². The Morgan fingerprint density at radius 3 is 2.73 bits per heavy atom. The second-order valence-electron chi connectivity index (χ2n) is 2.81. The Hall–Kier alpha value is -1.39.